The monoisotopic (exact) mass is 666 g/mol. The quantitative estimate of drug-likeness (QED) is 0.187. The normalized spacial score (nSPS) is 12.9. The fraction of sp³-hybridized carbons (Fsp3) is 0. The van der Waals surface area contributed by atoms with Gasteiger partial charge in [-0.1, -0.05) is 110 Å². The predicted molar refractivity (Wildman–Crippen MR) is 216 cm³/mol. The lowest BCUT2D eigenvalue weighted by Crippen LogP contribution is -2.21. The Morgan fingerprint density at radius 2 is 1.21 bits per heavy atom. The van der Waals surface area contributed by atoms with Gasteiger partial charge in [-0.2, -0.15) is 0 Å². The van der Waals surface area contributed by atoms with E-state index in [2.05, 4.69) is 161 Å². The molecule has 0 saturated heterocycles. The average molecular weight is 667 g/mol. The lowest BCUT2D eigenvalue weighted by atomic mass is 9.98. The number of para-hydroxylation sites is 4. The van der Waals surface area contributed by atoms with E-state index < -0.39 is 0 Å². The standard InChI is InChI=1S/C48H30N2O2/c1-2-13-43-39(29-49-40-20-9-6-16-33(40)34-17-7-10-21-41(34)49)46-32(19-12-23-45(46)51-43)30-24-27-42-38(28-30)36-25-26-37-35-18-8-11-22-44(35)52-48(37)47(36)50(42)31-14-4-3-5-15-31/h2-29H,1H2/b39-29+,43-13+. The van der Waals surface area contributed by atoms with Gasteiger partial charge in [0.25, 0.3) is 0 Å². The Hall–Kier alpha value is -7.04. The van der Waals surface area contributed by atoms with Gasteiger partial charge in [-0.05, 0) is 71.8 Å². The minimum Gasteiger partial charge on any atom is -0.456 e. The lowest BCUT2D eigenvalue weighted by Gasteiger charge is -2.09. The zero-order valence-corrected chi connectivity index (χ0v) is 28.1. The molecule has 0 unspecified atom stereocenters. The molecule has 4 heterocycles. The molecule has 0 atom stereocenters. The molecule has 0 radical (unpaired) electrons. The van der Waals surface area contributed by atoms with Crippen molar-refractivity contribution in [3.05, 3.63) is 175 Å². The van der Waals surface area contributed by atoms with Gasteiger partial charge in [0.15, 0.2) is 5.58 Å². The smallest absolute Gasteiger partial charge is 0.160 e. The van der Waals surface area contributed by atoms with Gasteiger partial charge < -0.3 is 18.0 Å². The molecule has 4 nitrogen and oxygen atoms in total. The second-order valence-electron chi connectivity index (χ2n) is 13.3. The number of aromatic nitrogens is 2. The molecular formula is C48H30N2O2. The minimum absolute atomic E-state index is 0.772. The Morgan fingerprint density at radius 1 is 0.519 bits per heavy atom. The molecule has 0 fully saturated rings. The van der Waals surface area contributed by atoms with Gasteiger partial charge in [0.2, 0.25) is 0 Å². The second kappa shape index (κ2) is 11.0. The highest BCUT2D eigenvalue weighted by Gasteiger charge is 2.20. The molecule has 7 aromatic carbocycles. The maximum absolute atomic E-state index is 6.63. The second-order valence-corrected chi connectivity index (χ2v) is 13.3. The third kappa shape index (κ3) is 4.03. The Kier molecular flexibility index (Phi) is 6.07. The van der Waals surface area contributed by atoms with E-state index >= 15 is 0 Å². The SMILES string of the molecule is C=C/C=c1/oc2cccc(-c3ccc4c(c3)c3ccc5c6ccccc6oc5c3n4-c3ccccc3)c2/c1=C/n1c2ccccc2c2ccccc21. The molecule has 0 aliphatic carbocycles. The number of benzene rings is 7. The van der Waals surface area contributed by atoms with Gasteiger partial charge in [0.1, 0.15) is 16.6 Å². The first-order valence-electron chi connectivity index (χ1n) is 17.5. The van der Waals surface area contributed by atoms with Crippen LogP contribution in [0.5, 0.6) is 0 Å². The molecule has 0 saturated carbocycles. The molecule has 52 heavy (non-hydrogen) atoms. The van der Waals surface area contributed by atoms with E-state index in [1.807, 2.05) is 18.2 Å². The number of rotatable bonds is 4. The summed E-state index contributed by atoms with van der Waals surface area (Å²) in [5.74, 6) is 0. The van der Waals surface area contributed by atoms with Crippen LogP contribution in [-0.2, 0) is 0 Å². The van der Waals surface area contributed by atoms with Crippen molar-refractivity contribution in [2.45, 2.75) is 0 Å². The van der Waals surface area contributed by atoms with E-state index in [0.29, 0.717) is 0 Å². The van der Waals surface area contributed by atoms with Gasteiger partial charge in [0, 0.05) is 54.8 Å². The summed E-state index contributed by atoms with van der Waals surface area (Å²) in [6, 6.07) is 53.6. The maximum Gasteiger partial charge on any atom is 0.160 e. The maximum atomic E-state index is 6.63. The van der Waals surface area contributed by atoms with Crippen molar-refractivity contribution in [3.8, 4) is 16.8 Å². The van der Waals surface area contributed by atoms with Gasteiger partial charge in [-0.3, -0.25) is 0 Å². The first-order valence-corrected chi connectivity index (χ1v) is 17.5. The van der Waals surface area contributed by atoms with Crippen molar-refractivity contribution in [1.82, 2.24) is 9.13 Å². The molecule has 0 N–H and O–H groups in total. The fourth-order valence-electron chi connectivity index (χ4n) is 8.31. The number of nitrogens with zero attached hydrogens (tertiary/aromatic N) is 2. The van der Waals surface area contributed by atoms with Crippen LogP contribution in [0.25, 0.3) is 106 Å². The molecular weight excluding hydrogens is 637 g/mol. The van der Waals surface area contributed by atoms with Crippen LogP contribution in [0.1, 0.15) is 0 Å². The first-order chi connectivity index (χ1) is 25.8. The molecule has 0 amide bonds. The Bertz CT molecular complexity index is 3320. The van der Waals surface area contributed by atoms with Crippen molar-refractivity contribution in [2.75, 3.05) is 0 Å². The van der Waals surface area contributed by atoms with Gasteiger partial charge in [0.05, 0.1) is 22.1 Å². The summed E-state index contributed by atoms with van der Waals surface area (Å²) in [4.78, 5) is 0. The summed E-state index contributed by atoms with van der Waals surface area (Å²) in [6.07, 6.45) is 5.98. The molecule has 0 bridgehead atoms. The van der Waals surface area contributed by atoms with E-state index in [4.69, 9.17) is 8.83 Å². The van der Waals surface area contributed by atoms with E-state index in [1.54, 1.807) is 6.08 Å². The fourth-order valence-corrected chi connectivity index (χ4v) is 8.31. The third-order valence-electron chi connectivity index (χ3n) is 10.5. The molecule has 4 heteroatoms. The van der Waals surface area contributed by atoms with Crippen LogP contribution in [0.2, 0.25) is 0 Å². The highest BCUT2D eigenvalue weighted by atomic mass is 16.3. The summed E-state index contributed by atoms with van der Waals surface area (Å²) >= 11 is 0. The van der Waals surface area contributed by atoms with Crippen LogP contribution in [0.4, 0.5) is 0 Å². The zero-order valence-electron chi connectivity index (χ0n) is 28.1. The molecule has 4 aromatic heterocycles. The highest BCUT2D eigenvalue weighted by Crippen LogP contribution is 2.42. The number of allylic oxidation sites excluding steroid dienone is 1. The Labute approximate surface area is 297 Å². The summed E-state index contributed by atoms with van der Waals surface area (Å²) < 4.78 is 17.9. The van der Waals surface area contributed by atoms with Crippen LogP contribution in [0, 0.1) is 0 Å². The van der Waals surface area contributed by atoms with Gasteiger partial charge in [-0.15, -0.1) is 0 Å². The number of furan rings is 2. The molecule has 0 spiro atoms. The zero-order chi connectivity index (χ0) is 34.3. The van der Waals surface area contributed by atoms with Gasteiger partial charge in [-0.25, -0.2) is 0 Å². The van der Waals surface area contributed by atoms with E-state index in [1.165, 1.54) is 10.8 Å². The van der Waals surface area contributed by atoms with E-state index in [-0.39, 0.29) is 0 Å². The predicted octanol–water partition coefficient (Wildman–Crippen LogP) is 11.5. The van der Waals surface area contributed by atoms with Crippen LogP contribution in [0.15, 0.2) is 173 Å². The molecule has 0 aliphatic heterocycles. The largest absolute Gasteiger partial charge is 0.456 e. The number of hydrogen-bond donors (Lipinski definition) is 0. The lowest BCUT2D eigenvalue weighted by molar-refractivity contribution is 0.575. The Morgan fingerprint density at radius 3 is 2.00 bits per heavy atom. The minimum atomic E-state index is 0.772. The van der Waals surface area contributed by atoms with Crippen molar-refractivity contribution in [3.63, 3.8) is 0 Å². The van der Waals surface area contributed by atoms with Crippen molar-refractivity contribution in [2.24, 2.45) is 0 Å². The van der Waals surface area contributed by atoms with E-state index in [0.717, 1.165) is 93.2 Å². The number of fused-ring (bicyclic) bond motifs is 11. The van der Waals surface area contributed by atoms with Crippen LogP contribution in [0.3, 0.4) is 0 Å². The molecule has 11 aromatic rings. The van der Waals surface area contributed by atoms with Crippen molar-refractivity contribution in [1.29, 1.82) is 0 Å². The van der Waals surface area contributed by atoms with Gasteiger partial charge >= 0.3 is 0 Å². The molecule has 0 aliphatic rings. The molecule has 244 valence electrons. The van der Waals surface area contributed by atoms with Crippen molar-refractivity contribution >= 4 is 88.8 Å². The summed E-state index contributed by atoms with van der Waals surface area (Å²) in [6.45, 7) is 4.02. The summed E-state index contributed by atoms with van der Waals surface area (Å²) in [5, 5.41) is 9.04. The summed E-state index contributed by atoms with van der Waals surface area (Å²) in [7, 11) is 0. The van der Waals surface area contributed by atoms with Crippen molar-refractivity contribution < 1.29 is 8.83 Å². The third-order valence-corrected chi connectivity index (χ3v) is 10.5. The Balaban J connectivity index is 1.23. The topological polar surface area (TPSA) is 36.1 Å². The summed E-state index contributed by atoms with van der Waals surface area (Å²) in [5.41, 5.74) is 11.2. The number of hydrogen-bond acceptors (Lipinski definition) is 2. The van der Waals surface area contributed by atoms with E-state index in [9.17, 15) is 0 Å². The average Bonchev–Trinajstić information content (AvgIpc) is 3.93. The van der Waals surface area contributed by atoms with Crippen LogP contribution < -0.4 is 10.6 Å². The van der Waals surface area contributed by atoms with Crippen LogP contribution in [-0.4, -0.2) is 9.13 Å². The highest BCUT2D eigenvalue weighted by molar-refractivity contribution is 6.22. The molecule has 11 rings (SSSR count). The van der Waals surface area contributed by atoms with Crippen LogP contribution >= 0.6 is 0 Å². The first kappa shape index (κ1) is 28.8.